The number of hydrogen-bond acceptors (Lipinski definition) is 5. The molecular weight excluding hydrogens is 326 g/mol. The minimum atomic E-state index is 0.492. The fraction of sp³-hybridized carbons (Fsp3) is 0.250. The average Bonchev–Trinajstić information content (AvgIpc) is 3.27. The van der Waals surface area contributed by atoms with Gasteiger partial charge in [-0.15, -0.1) is 0 Å². The van der Waals surface area contributed by atoms with Crippen molar-refractivity contribution < 1.29 is 4.52 Å². The van der Waals surface area contributed by atoms with Crippen molar-refractivity contribution in [1.82, 2.24) is 20.1 Å². The molecule has 5 rings (SSSR count). The Morgan fingerprint density at radius 2 is 2.08 bits per heavy atom. The molecule has 1 aliphatic rings. The number of H-pyrrole nitrogens is 1. The molecule has 0 spiro atoms. The number of nitrogens with zero attached hydrogens (tertiary/aromatic N) is 3. The monoisotopic (exact) mass is 345 g/mol. The number of pyridine rings is 1. The van der Waals surface area contributed by atoms with Gasteiger partial charge in [-0.1, -0.05) is 23.4 Å². The van der Waals surface area contributed by atoms with E-state index < -0.39 is 0 Å². The molecule has 0 aliphatic heterocycles. The van der Waals surface area contributed by atoms with Crippen molar-refractivity contribution >= 4 is 16.7 Å². The SMILES string of the molecule is c1ccc2c(CCNc3ccc(-c4nc(C5CC5)no4)cn3)c[nH]c2c1. The normalized spacial score (nSPS) is 14.0. The standard InChI is InChI=1S/C20H19N5O/c1-2-4-17-16(3-1)14(11-22-17)9-10-21-18-8-7-15(12-23-18)20-24-19(25-26-20)13-5-6-13/h1-4,7-8,11-13,22H,5-6,9-10H2,(H,21,23). The van der Waals surface area contributed by atoms with Crippen molar-refractivity contribution in [3.05, 3.63) is 60.2 Å². The van der Waals surface area contributed by atoms with Crippen LogP contribution < -0.4 is 5.32 Å². The third-order valence-corrected chi connectivity index (χ3v) is 4.77. The van der Waals surface area contributed by atoms with Gasteiger partial charge in [0.1, 0.15) is 5.82 Å². The van der Waals surface area contributed by atoms with Crippen LogP contribution in [-0.2, 0) is 6.42 Å². The van der Waals surface area contributed by atoms with E-state index in [1.54, 1.807) is 6.20 Å². The first-order valence-corrected chi connectivity index (χ1v) is 8.96. The lowest BCUT2D eigenvalue weighted by atomic mass is 10.1. The van der Waals surface area contributed by atoms with Gasteiger partial charge in [0.25, 0.3) is 5.89 Å². The first kappa shape index (κ1) is 15.1. The summed E-state index contributed by atoms with van der Waals surface area (Å²) >= 11 is 0. The molecule has 0 atom stereocenters. The Kier molecular flexibility index (Phi) is 3.66. The molecule has 0 saturated heterocycles. The highest BCUT2D eigenvalue weighted by atomic mass is 16.5. The predicted octanol–water partition coefficient (Wildman–Crippen LogP) is 4.14. The number of aromatic nitrogens is 4. The van der Waals surface area contributed by atoms with Gasteiger partial charge in [0.05, 0.1) is 5.56 Å². The van der Waals surface area contributed by atoms with Crippen molar-refractivity contribution in [1.29, 1.82) is 0 Å². The van der Waals surface area contributed by atoms with E-state index >= 15 is 0 Å². The Labute approximate surface area is 150 Å². The largest absolute Gasteiger partial charge is 0.370 e. The van der Waals surface area contributed by atoms with E-state index in [1.807, 2.05) is 18.2 Å². The number of anilines is 1. The van der Waals surface area contributed by atoms with Gasteiger partial charge >= 0.3 is 0 Å². The average molecular weight is 345 g/mol. The third kappa shape index (κ3) is 2.94. The number of aromatic amines is 1. The number of hydrogen-bond donors (Lipinski definition) is 2. The molecule has 0 unspecified atom stereocenters. The van der Waals surface area contributed by atoms with Gasteiger partial charge in [0.15, 0.2) is 5.82 Å². The zero-order chi connectivity index (χ0) is 17.3. The van der Waals surface area contributed by atoms with Crippen LogP contribution in [0.25, 0.3) is 22.4 Å². The Bertz CT molecular complexity index is 1030. The third-order valence-electron chi connectivity index (χ3n) is 4.77. The topological polar surface area (TPSA) is 79.6 Å². The van der Waals surface area contributed by atoms with Gasteiger partial charge in [0.2, 0.25) is 0 Å². The molecule has 0 radical (unpaired) electrons. The Morgan fingerprint density at radius 3 is 2.92 bits per heavy atom. The molecule has 0 bridgehead atoms. The first-order chi connectivity index (χ1) is 12.9. The van der Waals surface area contributed by atoms with Crippen LogP contribution in [-0.4, -0.2) is 26.7 Å². The second-order valence-corrected chi connectivity index (χ2v) is 6.70. The van der Waals surface area contributed by atoms with Crippen LogP contribution in [0.3, 0.4) is 0 Å². The summed E-state index contributed by atoms with van der Waals surface area (Å²) in [5.74, 6) is 2.70. The minimum absolute atomic E-state index is 0.492. The van der Waals surface area contributed by atoms with Crippen molar-refractivity contribution in [2.45, 2.75) is 25.2 Å². The van der Waals surface area contributed by atoms with Crippen LogP contribution >= 0.6 is 0 Å². The number of rotatable bonds is 6. The Hall–Kier alpha value is -3.15. The van der Waals surface area contributed by atoms with Gasteiger partial charge in [-0.2, -0.15) is 4.98 Å². The zero-order valence-corrected chi connectivity index (χ0v) is 14.3. The highest BCUT2D eigenvalue weighted by Gasteiger charge is 2.28. The molecule has 1 saturated carbocycles. The summed E-state index contributed by atoms with van der Waals surface area (Å²) in [6, 6.07) is 12.3. The number of nitrogens with one attached hydrogen (secondary N) is 2. The number of benzene rings is 1. The fourth-order valence-electron chi connectivity index (χ4n) is 3.15. The van der Waals surface area contributed by atoms with E-state index in [-0.39, 0.29) is 0 Å². The highest BCUT2D eigenvalue weighted by molar-refractivity contribution is 5.83. The van der Waals surface area contributed by atoms with Crippen LogP contribution in [0.15, 0.2) is 53.3 Å². The van der Waals surface area contributed by atoms with Gasteiger partial charge in [-0.3, -0.25) is 0 Å². The quantitative estimate of drug-likeness (QED) is 0.549. The van der Waals surface area contributed by atoms with E-state index in [4.69, 9.17) is 4.52 Å². The molecule has 6 heteroatoms. The minimum Gasteiger partial charge on any atom is -0.370 e. The molecule has 6 nitrogen and oxygen atoms in total. The number of fused-ring (bicyclic) bond motifs is 1. The second kappa shape index (κ2) is 6.29. The van der Waals surface area contributed by atoms with Crippen molar-refractivity contribution in [2.24, 2.45) is 0 Å². The molecule has 0 amide bonds. The Balaban J connectivity index is 1.22. The van der Waals surface area contributed by atoms with Crippen molar-refractivity contribution in [3.8, 4) is 11.5 Å². The maximum Gasteiger partial charge on any atom is 0.259 e. The van der Waals surface area contributed by atoms with Gasteiger partial charge in [-0.25, -0.2) is 4.98 Å². The summed E-state index contributed by atoms with van der Waals surface area (Å²) < 4.78 is 5.34. The lowest BCUT2D eigenvalue weighted by Gasteiger charge is -2.05. The molecule has 130 valence electrons. The second-order valence-electron chi connectivity index (χ2n) is 6.70. The zero-order valence-electron chi connectivity index (χ0n) is 14.3. The summed E-state index contributed by atoms with van der Waals surface area (Å²) in [6.45, 7) is 0.820. The summed E-state index contributed by atoms with van der Waals surface area (Å²) in [6.07, 6.45) is 7.11. The van der Waals surface area contributed by atoms with Gasteiger partial charge < -0.3 is 14.8 Å². The molecule has 1 fully saturated rings. The predicted molar refractivity (Wildman–Crippen MR) is 100.0 cm³/mol. The van der Waals surface area contributed by atoms with Crippen LogP contribution in [0.4, 0.5) is 5.82 Å². The van der Waals surface area contributed by atoms with Crippen LogP contribution in [0.1, 0.15) is 30.1 Å². The van der Waals surface area contributed by atoms with E-state index in [9.17, 15) is 0 Å². The lowest BCUT2D eigenvalue weighted by molar-refractivity contribution is 0.422. The fourth-order valence-corrected chi connectivity index (χ4v) is 3.15. The Morgan fingerprint density at radius 1 is 1.15 bits per heavy atom. The van der Waals surface area contributed by atoms with Crippen LogP contribution in [0, 0.1) is 0 Å². The maximum atomic E-state index is 5.34. The molecule has 2 N–H and O–H groups in total. The first-order valence-electron chi connectivity index (χ1n) is 8.96. The summed E-state index contributed by atoms with van der Waals surface area (Å²) in [4.78, 5) is 12.2. The molecule has 3 aromatic heterocycles. The molecule has 26 heavy (non-hydrogen) atoms. The summed E-state index contributed by atoms with van der Waals surface area (Å²) in [7, 11) is 0. The molecular formula is C20H19N5O. The lowest BCUT2D eigenvalue weighted by Crippen LogP contribution is -2.05. The molecule has 4 aromatic rings. The molecule has 3 heterocycles. The van der Waals surface area contributed by atoms with E-state index in [1.165, 1.54) is 16.5 Å². The smallest absolute Gasteiger partial charge is 0.259 e. The summed E-state index contributed by atoms with van der Waals surface area (Å²) in [5, 5.41) is 8.69. The maximum absolute atomic E-state index is 5.34. The van der Waals surface area contributed by atoms with Crippen LogP contribution in [0.5, 0.6) is 0 Å². The summed E-state index contributed by atoms with van der Waals surface area (Å²) in [5.41, 5.74) is 3.34. The van der Waals surface area contributed by atoms with E-state index in [0.29, 0.717) is 11.8 Å². The van der Waals surface area contributed by atoms with Crippen molar-refractivity contribution in [2.75, 3.05) is 11.9 Å². The molecule has 1 aliphatic carbocycles. The van der Waals surface area contributed by atoms with Gasteiger partial charge in [0, 0.05) is 35.8 Å². The number of para-hydroxylation sites is 1. The van der Waals surface area contributed by atoms with E-state index in [2.05, 4.69) is 49.8 Å². The van der Waals surface area contributed by atoms with Crippen LogP contribution in [0.2, 0.25) is 0 Å². The van der Waals surface area contributed by atoms with Crippen molar-refractivity contribution in [3.63, 3.8) is 0 Å². The molecule has 1 aromatic carbocycles. The van der Waals surface area contributed by atoms with Gasteiger partial charge in [-0.05, 0) is 43.0 Å². The van der Waals surface area contributed by atoms with E-state index in [0.717, 1.165) is 43.0 Å². The highest BCUT2D eigenvalue weighted by Crippen LogP contribution is 2.38.